The molecule has 1 unspecified atom stereocenters. The lowest BCUT2D eigenvalue weighted by Gasteiger charge is -2.16. The number of hydrogen-bond acceptors (Lipinski definition) is 4. The van der Waals surface area contributed by atoms with E-state index in [9.17, 15) is 9.59 Å². The van der Waals surface area contributed by atoms with Crippen LogP contribution in [-0.4, -0.2) is 38.1 Å². The quantitative estimate of drug-likeness (QED) is 0.732. The molecule has 1 rings (SSSR count). The first-order valence-corrected chi connectivity index (χ1v) is 6.67. The molecule has 110 valence electrons. The summed E-state index contributed by atoms with van der Waals surface area (Å²) in [6.07, 6.45) is 0. The molecule has 0 saturated heterocycles. The SMILES string of the molecule is COC(=O)C(CNCC(=O)NC(C)C)c1ccccc1. The van der Waals surface area contributed by atoms with Crippen molar-refractivity contribution in [1.29, 1.82) is 0 Å². The molecule has 0 aromatic heterocycles. The van der Waals surface area contributed by atoms with Crippen LogP contribution in [0, 0.1) is 0 Å². The first-order chi connectivity index (χ1) is 9.54. The van der Waals surface area contributed by atoms with Crippen LogP contribution < -0.4 is 10.6 Å². The highest BCUT2D eigenvalue weighted by molar-refractivity contribution is 5.79. The first kappa shape index (κ1) is 16.2. The third-order valence-electron chi connectivity index (χ3n) is 2.77. The summed E-state index contributed by atoms with van der Waals surface area (Å²) in [7, 11) is 1.36. The molecule has 1 aromatic rings. The predicted molar refractivity (Wildman–Crippen MR) is 77.3 cm³/mol. The molecular weight excluding hydrogens is 256 g/mol. The van der Waals surface area contributed by atoms with Gasteiger partial charge in [0, 0.05) is 12.6 Å². The number of methoxy groups -OCH3 is 1. The molecule has 1 atom stereocenters. The van der Waals surface area contributed by atoms with Crippen molar-refractivity contribution in [3.05, 3.63) is 35.9 Å². The standard InChI is InChI=1S/C15H22N2O3/c1-11(2)17-14(18)10-16-9-13(15(19)20-3)12-7-5-4-6-8-12/h4-8,11,13,16H,9-10H2,1-3H3,(H,17,18). The lowest BCUT2D eigenvalue weighted by Crippen LogP contribution is -2.39. The van der Waals surface area contributed by atoms with Gasteiger partial charge in [0.25, 0.3) is 0 Å². The van der Waals surface area contributed by atoms with Crippen molar-refractivity contribution >= 4 is 11.9 Å². The normalized spacial score (nSPS) is 12.0. The fraction of sp³-hybridized carbons (Fsp3) is 0.467. The van der Waals surface area contributed by atoms with Gasteiger partial charge in [0.1, 0.15) is 0 Å². The summed E-state index contributed by atoms with van der Waals surface area (Å²) in [6.45, 7) is 4.35. The van der Waals surface area contributed by atoms with Gasteiger partial charge in [-0.2, -0.15) is 0 Å². The van der Waals surface area contributed by atoms with Crippen LogP contribution in [0.2, 0.25) is 0 Å². The Bertz CT molecular complexity index is 432. The van der Waals surface area contributed by atoms with E-state index in [0.29, 0.717) is 6.54 Å². The summed E-state index contributed by atoms with van der Waals surface area (Å²) in [4.78, 5) is 23.3. The molecule has 0 fully saturated rings. The van der Waals surface area contributed by atoms with Gasteiger partial charge in [0.2, 0.25) is 5.91 Å². The number of ether oxygens (including phenoxy) is 1. The number of carbonyl (C=O) groups is 2. The van der Waals surface area contributed by atoms with Crippen LogP contribution in [-0.2, 0) is 14.3 Å². The van der Waals surface area contributed by atoms with Gasteiger partial charge in [0.05, 0.1) is 19.6 Å². The second kappa shape index (κ2) is 8.32. The molecule has 5 nitrogen and oxygen atoms in total. The Morgan fingerprint density at radius 3 is 2.40 bits per heavy atom. The molecule has 20 heavy (non-hydrogen) atoms. The van der Waals surface area contributed by atoms with E-state index in [4.69, 9.17) is 4.74 Å². The molecule has 0 bridgehead atoms. The second-order valence-electron chi connectivity index (χ2n) is 4.84. The molecule has 0 heterocycles. The minimum Gasteiger partial charge on any atom is -0.469 e. The molecule has 0 saturated carbocycles. The zero-order chi connectivity index (χ0) is 15.0. The Kier molecular flexibility index (Phi) is 6.73. The van der Waals surface area contributed by atoms with Crippen molar-refractivity contribution in [2.75, 3.05) is 20.2 Å². The summed E-state index contributed by atoms with van der Waals surface area (Å²) in [5.41, 5.74) is 0.871. The van der Waals surface area contributed by atoms with Crippen molar-refractivity contribution in [2.45, 2.75) is 25.8 Å². The Balaban J connectivity index is 2.55. The maximum Gasteiger partial charge on any atom is 0.314 e. The van der Waals surface area contributed by atoms with Gasteiger partial charge in [0.15, 0.2) is 0 Å². The lowest BCUT2D eigenvalue weighted by atomic mass is 9.99. The third kappa shape index (κ3) is 5.40. The maximum absolute atomic E-state index is 11.8. The fourth-order valence-corrected chi connectivity index (χ4v) is 1.87. The molecule has 5 heteroatoms. The van der Waals surface area contributed by atoms with Crippen LogP contribution in [0.3, 0.4) is 0 Å². The summed E-state index contributed by atoms with van der Waals surface area (Å²) in [5, 5.41) is 5.77. The van der Waals surface area contributed by atoms with E-state index < -0.39 is 5.92 Å². The summed E-state index contributed by atoms with van der Waals surface area (Å²) >= 11 is 0. The number of carbonyl (C=O) groups excluding carboxylic acids is 2. The van der Waals surface area contributed by atoms with Gasteiger partial charge < -0.3 is 15.4 Å². The Labute approximate surface area is 119 Å². The number of esters is 1. The fourth-order valence-electron chi connectivity index (χ4n) is 1.87. The summed E-state index contributed by atoms with van der Waals surface area (Å²) in [6, 6.07) is 9.49. The average molecular weight is 278 g/mol. The smallest absolute Gasteiger partial charge is 0.314 e. The van der Waals surface area contributed by atoms with Gasteiger partial charge in [-0.05, 0) is 19.4 Å². The predicted octanol–water partition coefficient (Wildman–Crippen LogP) is 1.06. The summed E-state index contributed by atoms with van der Waals surface area (Å²) < 4.78 is 4.81. The molecule has 0 aliphatic heterocycles. The molecule has 0 aliphatic rings. The monoisotopic (exact) mass is 278 g/mol. The number of benzene rings is 1. The highest BCUT2D eigenvalue weighted by Gasteiger charge is 2.21. The topological polar surface area (TPSA) is 67.4 Å². The van der Waals surface area contributed by atoms with E-state index in [1.54, 1.807) is 0 Å². The lowest BCUT2D eigenvalue weighted by molar-refractivity contribution is -0.142. The molecule has 1 amide bonds. The van der Waals surface area contributed by atoms with Crippen molar-refractivity contribution in [3.8, 4) is 0 Å². The van der Waals surface area contributed by atoms with Crippen LogP contribution in [0.15, 0.2) is 30.3 Å². The van der Waals surface area contributed by atoms with E-state index in [1.165, 1.54) is 7.11 Å². The highest BCUT2D eigenvalue weighted by atomic mass is 16.5. The van der Waals surface area contributed by atoms with Crippen LogP contribution in [0.25, 0.3) is 0 Å². The minimum atomic E-state index is -0.409. The molecule has 2 N–H and O–H groups in total. The maximum atomic E-state index is 11.8. The molecular formula is C15H22N2O3. The molecule has 0 aliphatic carbocycles. The van der Waals surface area contributed by atoms with Gasteiger partial charge in [-0.3, -0.25) is 9.59 Å². The van der Waals surface area contributed by atoms with E-state index in [2.05, 4.69) is 10.6 Å². The largest absolute Gasteiger partial charge is 0.469 e. The first-order valence-electron chi connectivity index (χ1n) is 6.67. The van der Waals surface area contributed by atoms with Crippen LogP contribution in [0.1, 0.15) is 25.3 Å². The van der Waals surface area contributed by atoms with Crippen LogP contribution in [0.5, 0.6) is 0 Å². The van der Waals surface area contributed by atoms with Gasteiger partial charge in [-0.1, -0.05) is 30.3 Å². The molecule has 0 radical (unpaired) electrons. The zero-order valence-electron chi connectivity index (χ0n) is 12.2. The third-order valence-corrected chi connectivity index (χ3v) is 2.77. The van der Waals surface area contributed by atoms with Crippen molar-refractivity contribution in [1.82, 2.24) is 10.6 Å². The molecule has 1 aromatic carbocycles. The number of nitrogens with one attached hydrogen (secondary N) is 2. The van der Waals surface area contributed by atoms with Crippen molar-refractivity contribution in [2.24, 2.45) is 0 Å². The van der Waals surface area contributed by atoms with Gasteiger partial charge >= 0.3 is 5.97 Å². The zero-order valence-corrected chi connectivity index (χ0v) is 12.2. The summed E-state index contributed by atoms with van der Waals surface area (Å²) in [5.74, 6) is -0.808. The van der Waals surface area contributed by atoms with E-state index >= 15 is 0 Å². The van der Waals surface area contributed by atoms with E-state index in [-0.39, 0.29) is 24.5 Å². The number of rotatable bonds is 7. The van der Waals surface area contributed by atoms with E-state index in [1.807, 2.05) is 44.2 Å². The van der Waals surface area contributed by atoms with Crippen LogP contribution >= 0.6 is 0 Å². The Morgan fingerprint density at radius 2 is 1.85 bits per heavy atom. The second-order valence-corrected chi connectivity index (χ2v) is 4.84. The molecule has 0 spiro atoms. The number of hydrogen-bond donors (Lipinski definition) is 2. The number of amides is 1. The van der Waals surface area contributed by atoms with E-state index in [0.717, 1.165) is 5.56 Å². The Morgan fingerprint density at radius 1 is 1.20 bits per heavy atom. The highest BCUT2D eigenvalue weighted by Crippen LogP contribution is 2.15. The van der Waals surface area contributed by atoms with Crippen molar-refractivity contribution in [3.63, 3.8) is 0 Å². The van der Waals surface area contributed by atoms with Crippen LogP contribution in [0.4, 0.5) is 0 Å². The van der Waals surface area contributed by atoms with Gasteiger partial charge in [-0.25, -0.2) is 0 Å². The average Bonchev–Trinajstić information content (AvgIpc) is 2.43. The van der Waals surface area contributed by atoms with Gasteiger partial charge in [-0.15, -0.1) is 0 Å². The Hall–Kier alpha value is -1.88. The van der Waals surface area contributed by atoms with Crippen molar-refractivity contribution < 1.29 is 14.3 Å². The minimum absolute atomic E-state index is 0.0864.